The lowest BCUT2D eigenvalue weighted by atomic mass is 9.96. The first-order valence-corrected chi connectivity index (χ1v) is 15.2. The van der Waals surface area contributed by atoms with Crippen LogP contribution in [0.5, 0.6) is 0 Å². The van der Waals surface area contributed by atoms with Crippen LogP contribution in [-0.2, 0) is 33.9 Å². The number of hydrogen-bond donors (Lipinski definition) is 1. The van der Waals surface area contributed by atoms with Crippen molar-refractivity contribution in [1.29, 1.82) is 0 Å². The molecule has 3 aromatic rings. The fraction of sp³-hybridized carbons (Fsp3) is 0.393. The van der Waals surface area contributed by atoms with E-state index in [1.807, 2.05) is 29.6 Å². The third-order valence-corrected chi connectivity index (χ3v) is 8.85. The fourth-order valence-corrected chi connectivity index (χ4v) is 6.50. The number of amides is 1. The fourth-order valence-electron chi connectivity index (χ4n) is 5.23. The molecule has 0 bridgehead atoms. The van der Waals surface area contributed by atoms with E-state index in [0.29, 0.717) is 43.8 Å². The van der Waals surface area contributed by atoms with Crippen molar-refractivity contribution in [2.75, 3.05) is 13.1 Å². The van der Waals surface area contributed by atoms with Crippen LogP contribution >= 0.6 is 11.3 Å². The molecule has 0 spiro atoms. The van der Waals surface area contributed by atoms with E-state index in [0.717, 1.165) is 34.3 Å². The molecule has 42 heavy (non-hydrogen) atoms. The van der Waals surface area contributed by atoms with Crippen LogP contribution in [-0.4, -0.2) is 43.4 Å². The van der Waals surface area contributed by atoms with Crippen molar-refractivity contribution in [2.24, 2.45) is 5.16 Å². The number of rotatable bonds is 10. The topological polar surface area (TPSA) is 107 Å². The maximum Gasteiger partial charge on any atom is 0.264 e. The molecule has 2 aliphatic rings. The van der Waals surface area contributed by atoms with Gasteiger partial charge in [-0.25, -0.2) is 27.3 Å². The molecule has 1 fully saturated rings. The van der Waals surface area contributed by atoms with E-state index in [1.165, 1.54) is 11.3 Å². The Balaban J connectivity index is 1.17. The van der Waals surface area contributed by atoms with Gasteiger partial charge in [0.05, 0.1) is 17.1 Å². The number of piperidine rings is 1. The average Bonchev–Trinajstić information content (AvgIpc) is 3.67. The summed E-state index contributed by atoms with van der Waals surface area (Å²) in [6.45, 7) is 0.948. The Morgan fingerprint density at radius 1 is 1.12 bits per heavy atom. The molecule has 5 rings (SSSR count). The number of benzene rings is 2. The van der Waals surface area contributed by atoms with Crippen molar-refractivity contribution in [1.82, 2.24) is 14.6 Å². The first kappa shape index (κ1) is 30.3. The number of carbonyl (C=O) groups is 1. The number of thiazole rings is 1. The zero-order valence-corrected chi connectivity index (χ0v) is 23.8. The molecule has 8 nitrogen and oxygen atoms in total. The monoisotopic (exact) mass is 623 g/mol. The van der Waals surface area contributed by atoms with E-state index in [-0.39, 0.29) is 42.0 Å². The van der Waals surface area contributed by atoms with Crippen molar-refractivity contribution in [2.45, 2.75) is 57.1 Å². The van der Waals surface area contributed by atoms with Gasteiger partial charge < -0.3 is 14.3 Å². The Labute approximate surface area is 246 Å². The lowest BCUT2D eigenvalue weighted by Gasteiger charge is -2.31. The van der Waals surface area contributed by atoms with Gasteiger partial charge in [0.1, 0.15) is 5.71 Å². The SMILES string of the molecule is O=C(Cc1cc(C(F)F)ccc1C(F)F)N1CCC(c2nc(C3=NOC(c4ccccc4CNS(=O)[O-])C3)cs2)CC1. The van der Waals surface area contributed by atoms with Crippen molar-refractivity contribution < 1.29 is 36.0 Å². The summed E-state index contributed by atoms with van der Waals surface area (Å²) in [7, 11) is 0. The zero-order valence-electron chi connectivity index (χ0n) is 22.2. The number of hydrogen-bond acceptors (Lipinski definition) is 7. The minimum Gasteiger partial charge on any atom is -0.760 e. The molecule has 3 heterocycles. The lowest BCUT2D eigenvalue weighted by molar-refractivity contribution is -0.131. The third-order valence-electron chi connectivity index (χ3n) is 7.46. The van der Waals surface area contributed by atoms with Crippen molar-refractivity contribution in [3.05, 3.63) is 86.4 Å². The largest absolute Gasteiger partial charge is 0.760 e. The Morgan fingerprint density at radius 3 is 2.60 bits per heavy atom. The molecule has 1 aromatic heterocycles. The number of nitrogens with zero attached hydrogens (tertiary/aromatic N) is 3. The molecule has 2 atom stereocenters. The summed E-state index contributed by atoms with van der Waals surface area (Å²) < 4.78 is 77.3. The molecule has 0 radical (unpaired) electrons. The normalized spacial score (nSPS) is 18.4. The number of oxime groups is 1. The molecule has 0 saturated carbocycles. The van der Waals surface area contributed by atoms with Crippen LogP contribution in [0.2, 0.25) is 0 Å². The van der Waals surface area contributed by atoms with Gasteiger partial charge in [-0.3, -0.25) is 9.00 Å². The highest BCUT2D eigenvalue weighted by atomic mass is 32.2. The lowest BCUT2D eigenvalue weighted by Crippen LogP contribution is -2.39. The van der Waals surface area contributed by atoms with E-state index in [4.69, 9.17) is 9.82 Å². The number of likely N-dealkylation sites (tertiary alicyclic amines) is 1. The molecule has 1 saturated heterocycles. The van der Waals surface area contributed by atoms with Crippen molar-refractivity contribution in [3.63, 3.8) is 0 Å². The molecule has 2 aromatic carbocycles. The van der Waals surface area contributed by atoms with Gasteiger partial charge in [0.15, 0.2) is 6.10 Å². The van der Waals surface area contributed by atoms with Crippen LogP contribution in [0.1, 0.15) is 82.7 Å². The summed E-state index contributed by atoms with van der Waals surface area (Å²) in [5, 5.41) is 7.04. The third kappa shape index (κ3) is 7.05. The summed E-state index contributed by atoms with van der Waals surface area (Å²) in [6, 6.07) is 10.3. The van der Waals surface area contributed by atoms with Gasteiger partial charge >= 0.3 is 0 Å². The maximum atomic E-state index is 13.4. The van der Waals surface area contributed by atoms with Crippen molar-refractivity contribution >= 4 is 34.2 Å². The Morgan fingerprint density at radius 2 is 1.88 bits per heavy atom. The molecule has 14 heteroatoms. The summed E-state index contributed by atoms with van der Waals surface area (Å²) >= 11 is -0.892. The number of aromatic nitrogens is 1. The molecule has 1 amide bonds. The first-order chi connectivity index (χ1) is 20.2. The minimum atomic E-state index is -2.86. The quantitative estimate of drug-likeness (QED) is 0.230. The van der Waals surface area contributed by atoms with E-state index in [9.17, 15) is 31.1 Å². The van der Waals surface area contributed by atoms with Gasteiger partial charge in [0.25, 0.3) is 12.9 Å². The van der Waals surface area contributed by atoms with Crippen LogP contribution < -0.4 is 4.72 Å². The highest BCUT2D eigenvalue weighted by molar-refractivity contribution is 7.77. The predicted octanol–water partition coefficient (Wildman–Crippen LogP) is 5.72. The summed E-state index contributed by atoms with van der Waals surface area (Å²) in [5.74, 6) is -0.271. The van der Waals surface area contributed by atoms with E-state index in [2.05, 4.69) is 9.88 Å². The highest BCUT2D eigenvalue weighted by Gasteiger charge is 2.30. The maximum absolute atomic E-state index is 13.4. The molecule has 0 aliphatic carbocycles. The minimum absolute atomic E-state index is 0.0726. The molecule has 224 valence electrons. The second-order valence-corrected chi connectivity index (χ2v) is 11.7. The second kappa shape index (κ2) is 13.4. The molecule has 1 N–H and O–H groups in total. The summed E-state index contributed by atoms with van der Waals surface area (Å²) in [5.41, 5.74) is 2.15. The van der Waals surface area contributed by atoms with Gasteiger partial charge in [-0.1, -0.05) is 41.6 Å². The number of nitrogens with one attached hydrogen (secondary N) is 1. The number of halogens is 4. The molecular formula is C28H27F4N4O4S2-. The Kier molecular flexibility index (Phi) is 9.66. The van der Waals surface area contributed by atoms with Crippen LogP contribution in [0.3, 0.4) is 0 Å². The van der Waals surface area contributed by atoms with E-state index < -0.39 is 29.7 Å². The van der Waals surface area contributed by atoms with Crippen molar-refractivity contribution in [3.8, 4) is 0 Å². The first-order valence-electron chi connectivity index (χ1n) is 13.3. The van der Waals surface area contributed by atoms with Crippen LogP contribution in [0.4, 0.5) is 17.6 Å². The van der Waals surface area contributed by atoms with E-state index in [1.54, 1.807) is 4.90 Å². The molecular weight excluding hydrogens is 596 g/mol. The Bertz CT molecular complexity index is 1480. The van der Waals surface area contributed by atoms with Gasteiger partial charge in [0, 0.05) is 59.7 Å². The van der Waals surface area contributed by atoms with Gasteiger partial charge in [-0.2, -0.15) is 0 Å². The zero-order chi connectivity index (χ0) is 29.8. The number of carbonyl (C=O) groups excluding carboxylic acids is 1. The van der Waals surface area contributed by atoms with Gasteiger partial charge in [-0.05, 0) is 35.6 Å². The predicted molar refractivity (Wildman–Crippen MR) is 148 cm³/mol. The number of alkyl halides is 4. The van der Waals surface area contributed by atoms with Crippen LogP contribution in [0.15, 0.2) is 53.0 Å². The van der Waals surface area contributed by atoms with Crippen LogP contribution in [0.25, 0.3) is 0 Å². The highest BCUT2D eigenvalue weighted by Crippen LogP contribution is 2.35. The summed E-state index contributed by atoms with van der Waals surface area (Å²) in [6.07, 6.45) is -4.67. The van der Waals surface area contributed by atoms with Gasteiger partial charge in [-0.15, -0.1) is 11.3 Å². The standard InChI is InChI=1S/C28H28F4N4O4S2/c29-26(30)17-5-6-21(27(31)32)19(11-17)12-25(37)36-9-7-16(8-10-36)28-34-23(15-41-28)22-13-24(40-35-22)20-4-2-1-3-18(20)14-33-42(38)39/h1-6,11,15-16,24,26-27,33H,7-10,12-14H2,(H,38,39)/p-1. The van der Waals surface area contributed by atoms with Crippen LogP contribution in [0, 0.1) is 0 Å². The summed E-state index contributed by atoms with van der Waals surface area (Å²) in [4.78, 5) is 24.9. The average molecular weight is 624 g/mol. The molecule has 2 aliphatic heterocycles. The second-order valence-electron chi connectivity index (χ2n) is 10.1. The molecule has 2 unspecified atom stereocenters. The smallest absolute Gasteiger partial charge is 0.264 e. The Hall–Kier alpha value is -3.20. The van der Waals surface area contributed by atoms with E-state index >= 15 is 0 Å². The van der Waals surface area contributed by atoms with Gasteiger partial charge in [0.2, 0.25) is 5.91 Å².